The predicted octanol–water partition coefficient (Wildman–Crippen LogP) is 2.66. The lowest BCUT2D eigenvalue weighted by atomic mass is 9.89. The molecule has 0 radical (unpaired) electrons. The summed E-state index contributed by atoms with van der Waals surface area (Å²) in [6, 6.07) is 6.53. The first-order valence-corrected chi connectivity index (χ1v) is 11.1. The maximum Gasteiger partial charge on any atom is 0.352 e. The summed E-state index contributed by atoms with van der Waals surface area (Å²) in [5, 5.41) is 8.06. The Balaban J connectivity index is 1.49. The average Bonchev–Trinajstić information content (AvgIpc) is 3.30. The molecular weight excluding hydrogens is 430 g/mol. The van der Waals surface area contributed by atoms with Gasteiger partial charge in [0.1, 0.15) is 17.7 Å². The molecule has 1 aliphatic carbocycles. The smallest absolute Gasteiger partial charge is 0.352 e. The molecule has 0 saturated heterocycles. The van der Waals surface area contributed by atoms with Crippen LogP contribution in [0.2, 0.25) is 0 Å². The Kier molecular flexibility index (Phi) is 5.01. The van der Waals surface area contributed by atoms with Crippen LogP contribution in [0.25, 0.3) is 15.9 Å². The van der Waals surface area contributed by atoms with Gasteiger partial charge in [0.25, 0.3) is 0 Å². The van der Waals surface area contributed by atoms with Crippen LogP contribution in [0.15, 0.2) is 35.4 Å². The van der Waals surface area contributed by atoms with E-state index in [1.54, 1.807) is 35.6 Å². The standard InChI is InChI=1S/C22H21N5O4S/c1-12-7-8-14-16(9-12)32-20-18(14)19-25-27(22(30)26(19)11-23-20)10-17(28)24-15-6-4-3-5-13(15)21(29)31-2/h3-6,11-12H,7-10H2,1-2H3,(H,24,28)/t12-/m0/s1. The van der Waals surface area contributed by atoms with Gasteiger partial charge in [0.05, 0.1) is 23.7 Å². The van der Waals surface area contributed by atoms with Gasteiger partial charge in [0, 0.05) is 4.88 Å². The van der Waals surface area contributed by atoms with Crippen molar-refractivity contribution in [3.05, 3.63) is 57.1 Å². The molecule has 0 unspecified atom stereocenters. The van der Waals surface area contributed by atoms with E-state index in [1.165, 1.54) is 28.3 Å². The number of para-hydroxylation sites is 1. The maximum atomic E-state index is 12.9. The number of amides is 1. The number of anilines is 1. The zero-order valence-corrected chi connectivity index (χ0v) is 18.4. The number of carbonyl (C=O) groups is 2. The molecule has 1 amide bonds. The van der Waals surface area contributed by atoms with E-state index in [2.05, 4.69) is 22.3 Å². The minimum absolute atomic E-state index is 0.232. The molecular formula is C22H21N5O4S. The molecule has 1 N–H and O–H groups in total. The van der Waals surface area contributed by atoms with Crippen molar-refractivity contribution >= 4 is 44.8 Å². The van der Waals surface area contributed by atoms with Crippen LogP contribution in [0.1, 0.15) is 34.1 Å². The fraction of sp³-hybridized carbons (Fsp3) is 0.318. The summed E-state index contributed by atoms with van der Waals surface area (Å²) in [6.45, 7) is 1.95. The first kappa shape index (κ1) is 20.4. The number of benzene rings is 1. The molecule has 1 aliphatic rings. The van der Waals surface area contributed by atoms with E-state index in [9.17, 15) is 14.4 Å². The Bertz CT molecular complexity index is 1430. The number of nitrogens with one attached hydrogen (secondary N) is 1. The normalized spacial score (nSPS) is 15.6. The van der Waals surface area contributed by atoms with Crippen LogP contribution in [0.4, 0.5) is 5.69 Å². The summed E-state index contributed by atoms with van der Waals surface area (Å²) in [6.07, 6.45) is 4.51. The van der Waals surface area contributed by atoms with E-state index < -0.39 is 17.6 Å². The van der Waals surface area contributed by atoms with Crippen LogP contribution in [-0.4, -0.2) is 38.2 Å². The lowest BCUT2D eigenvalue weighted by Gasteiger charge is -2.17. The van der Waals surface area contributed by atoms with Gasteiger partial charge in [-0.1, -0.05) is 19.1 Å². The van der Waals surface area contributed by atoms with Gasteiger partial charge in [-0.05, 0) is 42.9 Å². The molecule has 4 aromatic rings. The Morgan fingerprint density at radius 1 is 1.31 bits per heavy atom. The van der Waals surface area contributed by atoms with Crippen molar-refractivity contribution in [3.8, 4) is 0 Å². The number of carbonyl (C=O) groups excluding carboxylic acids is 2. The quantitative estimate of drug-likeness (QED) is 0.478. The monoisotopic (exact) mass is 451 g/mol. The van der Waals surface area contributed by atoms with Crippen LogP contribution in [0, 0.1) is 5.92 Å². The molecule has 3 heterocycles. The number of fused-ring (bicyclic) bond motifs is 5. The average molecular weight is 452 g/mol. The highest BCUT2D eigenvalue weighted by Gasteiger charge is 2.24. The summed E-state index contributed by atoms with van der Waals surface area (Å²) in [5.41, 5.74) is 1.85. The van der Waals surface area contributed by atoms with Crippen LogP contribution in [0.3, 0.4) is 0 Å². The number of rotatable bonds is 4. The number of ether oxygens (including phenoxy) is 1. The van der Waals surface area contributed by atoms with Crippen molar-refractivity contribution < 1.29 is 14.3 Å². The molecule has 9 nitrogen and oxygen atoms in total. The van der Waals surface area contributed by atoms with Gasteiger partial charge in [0.2, 0.25) is 5.91 Å². The van der Waals surface area contributed by atoms with Gasteiger partial charge in [-0.3, -0.25) is 4.79 Å². The highest BCUT2D eigenvalue weighted by Crippen LogP contribution is 2.38. The number of aromatic nitrogens is 4. The van der Waals surface area contributed by atoms with Crippen LogP contribution < -0.4 is 11.0 Å². The van der Waals surface area contributed by atoms with E-state index in [4.69, 9.17) is 4.74 Å². The van der Waals surface area contributed by atoms with E-state index in [1.807, 2.05) is 0 Å². The molecule has 10 heteroatoms. The lowest BCUT2D eigenvalue weighted by molar-refractivity contribution is -0.117. The van der Waals surface area contributed by atoms with Crippen molar-refractivity contribution in [2.45, 2.75) is 32.7 Å². The summed E-state index contributed by atoms with van der Waals surface area (Å²) in [5.74, 6) is -0.407. The Morgan fingerprint density at radius 2 is 2.12 bits per heavy atom. The summed E-state index contributed by atoms with van der Waals surface area (Å²) >= 11 is 1.66. The Labute approximate surface area is 186 Å². The number of methoxy groups -OCH3 is 1. The van der Waals surface area contributed by atoms with Gasteiger partial charge < -0.3 is 10.1 Å². The third-order valence-electron chi connectivity index (χ3n) is 5.78. The predicted molar refractivity (Wildman–Crippen MR) is 120 cm³/mol. The fourth-order valence-electron chi connectivity index (χ4n) is 4.17. The SMILES string of the molecule is COC(=O)c1ccccc1NC(=O)Cn1nc2c3c4c(sc3ncn2c1=O)C[C@@H](C)CC4. The van der Waals surface area contributed by atoms with Gasteiger partial charge in [0.15, 0.2) is 5.65 Å². The first-order valence-electron chi connectivity index (χ1n) is 10.3. The van der Waals surface area contributed by atoms with Crippen molar-refractivity contribution in [2.75, 3.05) is 12.4 Å². The van der Waals surface area contributed by atoms with Gasteiger partial charge in [-0.25, -0.2) is 23.7 Å². The van der Waals surface area contributed by atoms with E-state index >= 15 is 0 Å². The van der Waals surface area contributed by atoms with E-state index in [0.717, 1.165) is 34.2 Å². The van der Waals surface area contributed by atoms with E-state index in [-0.39, 0.29) is 12.1 Å². The van der Waals surface area contributed by atoms with Crippen LogP contribution in [0.5, 0.6) is 0 Å². The molecule has 0 bridgehead atoms. The maximum absolute atomic E-state index is 12.9. The molecule has 0 spiro atoms. The molecule has 0 fully saturated rings. The highest BCUT2D eigenvalue weighted by atomic mass is 32.1. The second-order valence-electron chi connectivity index (χ2n) is 8.00. The van der Waals surface area contributed by atoms with Crippen LogP contribution >= 0.6 is 11.3 Å². The second-order valence-corrected chi connectivity index (χ2v) is 9.08. The van der Waals surface area contributed by atoms with Crippen molar-refractivity contribution in [3.63, 3.8) is 0 Å². The molecule has 3 aromatic heterocycles. The zero-order valence-electron chi connectivity index (χ0n) is 17.6. The number of esters is 1. The molecule has 1 aromatic carbocycles. The van der Waals surface area contributed by atoms with Gasteiger partial charge in [-0.15, -0.1) is 16.4 Å². The van der Waals surface area contributed by atoms with E-state index in [0.29, 0.717) is 17.3 Å². The van der Waals surface area contributed by atoms with Crippen molar-refractivity contribution in [1.82, 2.24) is 19.2 Å². The minimum Gasteiger partial charge on any atom is -0.465 e. The van der Waals surface area contributed by atoms with Crippen molar-refractivity contribution in [1.29, 1.82) is 0 Å². The molecule has 5 rings (SSSR count). The molecule has 0 aliphatic heterocycles. The Morgan fingerprint density at radius 3 is 2.94 bits per heavy atom. The number of hydrogen-bond acceptors (Lipinski definition) is 7. The number of hydrogen-bond donors (Lipinski definition) is 1. The number of thiophene rings is 1. The highest BCUT2D eigenvalue weighted by molar-refractivity contribution is 7.19. The zero-order chi connectivity index (χ0) is 22.4. The molecule has 32 heavy (non-hydrogen) atoms. The molecule has 1 atom stereocenters. The largest absolute Gasteiger partial charge is 0.465 e. The minimum atomic E-state index is -0.559. The summed E-state index contributed by atoms with van der Waals surface area (Å²) in [7, 11) is 1.27. The second kappa shape index (κ2) is 7.86. The third kappa shape index (κ3) is 3.36. The summed E-state index contributed by atoms with van der Waals surface area (Å²) in [4.78, 5) is 44.1. The van der Waals surface area contributed by atoms with Gasteiger partial charge in [-0.2, -0.15) is 0 Å². The Hall–Kier alpha value is -3.53. The topological polar surface area (TPSA) is 108 Å². The van der Waals surface area contributed by atoms with Crippen LogP contribution in [-0.2, 0) is 28.9 Å². The first-order chi connectivity index (χ1) is 15.5. The van der Waals surface area contributed by atoms with Crippen molar-refractivity contribution in [2.24, 2.45) is 5.92 Å². The molecule has 0 saturated carbocycles. The third-order valence-corrected chi connectivity index (χ3v) is 6.94. The summed E-state index contributed by atoms with van der Waals surface area (Å²) < 4.78 is 7.27. The van der Waals surface area contributed by atoms with Gasteiger partial charge >= 0.3 is 11.7 Å². The fourth-order valence-corrected chi connectivity index (χ4v) is 5.52. The molecule has 164 valence electrons. The number of nitrogens with zero attached hydrogens (tertiary/aromatic N) is 4. The number of aryl methyl sites for hydroxylation is 1. The lowest BCUT2D eigenvalue weighted by Crippen LogP contribution is -2.28.